The number of halogens is 1. The highest BCUT2D eigenvalue weighted by Crippen LogP contribution is 2.28. The predicted octanol–water partition coefficient (Wildman–Crippen LogP) is 4.84. The van der Waals surface area contributed by atoms with Gasteiger partial charge in [-0.2, -0.15) is 0 Å². The van der Waals surface area contributed by atoms with Gasteiger partial charge in [0.15, 0.2) is 0 Å². The number of para-hydroxylation sites is 2. The first kappa shape index (κ1) is 23.3. The summed E-state index contributed by atoms with van der Waals surface area (Å²) in [4.78, 5) is 34.8. The van der Waals surface area contributed by atoms with Gasteiger partial charge in [-0.05, 0) is 75.8 Å². The molecule has 1 N–H and O–H groups in total. The fourth-order valence-corrected chi connectivity index (χ4v) is 5.13. The predicted molar refractivity (Wildman–Crippen MR) is 137 cm³/mol. The molecular weight excluding hydrogens is 462 g/mol. The molecule has 0 bridgehead atoms. The Balaban J connectivity index is 1.30. The van der Waals surface area contributed by atoms with E-state index >= 15 is 0 Å². The minimum Gasteiger partial charge on any atom is -0.349 e. The van der Waals surface area contributed by atoms with E-state index in [1.807, 2.05) is 54.8 Å². The highest BCUT2D eigenvalue weighted by atomic mass is 35.5. The number of pyridine rings is 2. The summed E-state index contributed by atoms with van der Waals surface area (Å²) in [5.41, 5.74) is 4.64. The van der Waals surface area contributed by atoms with Crippen molar-refractivity contribution in [1.82, 2.24) is 24.4 Å². The molecule has 5 rings (SSSR count). The van der Waals surface area contributed by atoms with Crippen LogP contribution in [0.3, 0.4) is 0 Å². The van der Waals surface area contributed by atoms with Crippen molar-refractivity contribution < 1.29 is 4.79 Å². The lowest BCUT2D eigenvalue weighted by molar-refractivity contribution is 0.0919. The summed E-state index contributed by atoms with van der Waals surface area (Å²) in [6.07, 6.45) is 6.93. The molecule has 1 aliphatic carbocycles. The second kappa shape index (κ2) is 9.66. The minimum absolute atomic E-state index is 0.0452. The van der Waals surface area contributed by atoms with Gasteiger partial charge in [0.05, 0.1) is 39.2 Å². The van der Waals surface area contributed by atoms with Crippen LogP contribution in [0.5, 0.6) is 0 Å². The van der Waals surface area contributed by atoms with Gasteiger partial charge < -0.3 is 5.32 Å². The fourth-order valence-electron chi connectivity index (χ4n) is 4.97. The van der Waals surface area contributed by atoms with Gasteiger partial charge in [-0.1, -0.05) is 23.7 Å². The number of aromatic nitrogens is 4. The van der Waals surface area contributed by atoms with E-state index in [-0.39, 0.29) is 17.6 Å². The molecule has 1 aromatic carbocycles. The zero-order chi connectivity index (χ0) is 24.5. The van der Waals surface area contributed by atoms with E-state index in [0.29, 0.717) is 28.7 Å². The molecule has 3 heterocycles. The molecule has 0 spiro atoms. The third-order valence-corrected chi connectivity index (χ3v) is 7.12. The number of carbonyl (C=O) groups is 1. The normalized spacial score (nSPS) is 18.0. The van der Waals surface area contributed by atoms with Crippen molar-refractivity contribution in [3.05, 3.63) is 87.3 Å². The Labute approximate surface area is 208 Å². The summed E-state index contributed by atoms with van der Waals surface area (Å²) in [7, 11) is 0. The molecule has 0 aliphatic heterocycles. The topological polar surface area (TPSA) is 81.8 Å². The highest BCUT2D eigenvalue weighted by Gasteiger charge is 2.25. The van der Waals surface area contributed by atoms with E-state index in [0.717, 1.165) is 48.1 Å². The molecule has 1 fully saturated rings. The van der Waals surface area contributed by atoms with Crippen LogP contribution < -0.4 is 11.0 Å². The zero-order valence-electron chi connectivity index (χ0n) is 19.9. The first-order valence-electron chi connectivity index (χ1n) is 12.0. The molecule has 0 saturated heterocycles. The monoisotopic (exact) mass is 489 g/mol. The summed E-state index contributed by atoms with van der Waals surface area (Å²) in [6.45, 7) is 4.40. The highest BCUT2D eigenvalue weighted by molar-refractivity contribution is 6.30. The molecule has 35 heavy (non-hydrogen) atoms. The summed E-state index contributed by atoms with van der Waals surface area (Å²) in [5.74, 6) is 0.234. The molecule has 0 radical (unpaired) electrons. The van der Waals surface area contributed by atoms with E-state index in [2.05, 4.69) is 15.3 Å². The number of nitrogens with one attached hydrogen (secondary N) is 1. The second-order valence-corrected chi connectivity index (χ2v) is 9.79. The maximum atomic E-state index is 13.5. The number of carbonyl (C=O) groups excluding carboxylic acids is 1. The molecule has 180 valence electrons. The van der Waals surface area contributed by atoms with Crippen molar-refractivity contribution in [3.63, 3.8) is 0 Å². The third-order valence-electron chi connectivity index (χ3n) is 6.91. The lowest BCUT2D eigenvalue weighted by atomic mass is 9.85. The second-order valence-electron chi connectivity index (χ2n) is 9.35. The van der Waals surface area contributed by atoms with Crippen LogP contribution in [0.2, 0.25) is 5.02 Å². The Morgan fingerprint density at radius 2 is 1.77 bits per heavy atom. The van der Waals surface area contributed by atoms with Crippen molar-refractivity contribution in [2.45, 2.75) is 52.1 Å². The van der Waals surface area contributed by atoms with Crippen LogP contribution in [0.25, 0.3) is 16.7 Å². The number of nitrogens with zero attached hydrogens (tertiary/aromatic N) is 4. The maximum absolute atomic E-state index is 13.5. The van der Waals surface area contributed by atoms with Gasteiger partial charge in [0.25, 0.3) is 5.91 Å². The van der Waals surface area contributed by atoms with Gasteiger partial charge >= 0.3 is 5.69 Å². The molecule has 0 atom stereocenters. The number of hydrogen-bond donors (Lipinski definition) is 1. The molecule has 3 aromatic heterocycles. The smallest absolute Gasteiger partial charge is 0.333 e. The van der Waals surface area contributed by atoms with Crippen LogP contribution in [0.15, 0.2) is 59.7 Å². The van der Waals surface area contributed by atoms with E-state index < -0.39 is 0 Å². The van der Waals surface area contributed by atoms with Gasteiger partial charge in [0.2, 0.25) is 0 Å². The lowest BCUT2D eigenvalue weighted by Crippen LogP contribution is -2.39. The Morgan fingerprint density at radius 1 is 1.03 bits per heavy atom. The molecule has 0 unspecified atom stereocenters. The summed E-state index contributed by atoms with van der Waals surface area (Å²) < 4.78 is 3.63. The zero-order valence-corrected chi connectivity index (χ0v) is 20.6. The summed E-state index contributed by atoms with van der Waals surface area (Å²) >= 11 is 6.03. The van der Waals surface area contributed by atoms with E-state index in [9.17, 15) is 9.59 Å². The SMILES string of the molecule is Cc1ccc(-n2c(=O)n(CC3CCC(NC(=O)c4cc(Cl)cnc4C)CC3)c3ccccc32)cn1. The Hall–Kier alpha value is -3.45. The van der Waals surface area contributed by atoms with Gasteiger partial charge in [0, 0.05) is 24.5 Å². The van der Waals surface area contributed by atoms with Gasteiger partial charge in [-0.15, -0.1) is 0 Å². The maximum Gasteiger partial charge on any atom is 0.333 e. The quantitative estimate of drug-likeness (QED) is 0.435. The van der Waals surface area contributed by atoms with Crippen LogP contribution in [0.1, 0.15) is 47.4 Å². The van der Waals surface area contributed by atoms with Crippen LogP contribution in [-0.4, -0.2) is 31.1 Å². The number of benzene rings is 1. The number of rotatable bonds is 5. The van der Waals surface area contributed by atoms with Crippen LogP contribution >= 0.6 is 11.6 Å². The first-order valence-corrected chi connectivity index (χ1v) is 12.3. The fraction of sp³-hybridized carbons (Fsp3) is 0.333. The molecule has 1 saturated carbocycles. The molecule has 7 nitrogen and oxygen atoms in total. The minimum atomic E-state index is -0.132. The Morgan fingerprint density at radius 3 is 2.49 bits per heavy atom. The number of amides is 1. The summed E-state index contributed by atoms with van der Waals surface area (Å²) in [5, 5.41) is 3.60. The van der Waals surface area contributed by atoms with E-state index in [1.54, 1.807) is 23.0 Å². The van der Waals surface area contributed by atoms with E-state index in [1.165, 1.54) is 0 Å². The first-order chi connectivity index (χ1) is 16.9. The van der Waals surface area contributed by atoms with E-state index in [4.69, 9.17) is 11.6 Å². The van der Waals surface area contributed by atoms with Crippen LogP contribution in [-0.2, 0) is 6.54 Å². The molecule has 4 aromatic rings. The third kappa shape index (κ3) is 4.73. The van der Waals surface area contributed by atoms with Crippen LogP contribution in [0.4, 0.5) is 0 Å². The number of hydrogen-bond acceptors (Lipinski definition) is 4. The molecule has 8 heteroatoms. The largest absolute Gasteiger partial charge is 0.349 e. The van der Waals surface area contributed by atoms with Gasteiger partial charge in [-0.25, -0.2) is 4.79 Å². The number of fused-ring (bicyclic) bond motifs is 1. The molecule has 1 amide bonds. The van der Waals surface area contributed by atoms with Gasteiger partial charge in [0.1, 0.15) is 0 Å². The average molecular weight is 490 g/mol. The summed E-state index contributed by atoms with van der Waals surface area (Å²) in [6, 6.07) is 13.5. The van der Waals surface area contributed by atoms with Crippen molar-refractivity contribution in [1.29, 1.82) is 0 Å². The van der Waals surface area contributed by atoms with Crippen LogP contribution in [0, 0.1) is 19.8 Å². The number of aryl methyl sites for hydroxylation is 2. The number of imidazole rings is 1. The molecule has 1 aliphatic rings. The van der Waals surface area contributed by atoms with Crippen molar-refractivity contribution >= 4 is 28.5 Å². The van der Waals surface area contributed by atoms with Crippen molar-refractivity contribution in [2.24, 2.45) is 5.92 Å². The standard InChI is InChI=1S/C27H28ClN5O2/c1-17-7-12-22(15-29-17)33-25-6-4-3-5-24(25)32(27(33)35)16-19-8-10-21(11-9-19)31-26(34)23-13-20(28)14-30-18(23)2/h3-7,12-15,19,21H,8-11,16H2,1-2H3,(H,31,34). The Bertz CT molecular complexity index is 1430. The average Bonchev–Trinajstić information content (AvgIpc) is 3.13. The van der Waals surface area contributed by atoms with Crippen molar-refractivity contribution in [3.8, 4) is 5.69 Å². The van der Waals surface area contributed by atoms with Crippen molar-refractivity contribution in [2.75, 3.05) is 0 Å². The Kier molecular flexibility index (Phi) is 6.43. The lowest BCUT2D eigenvalue weighted by Gasteiger charge is -2.29. The van der Waals surface area contributed by atoms with Gasteiger partial charge in [-0.3, -0.25) is 23.9 Å². The molecular formula is C27H28ClN5O2.